The van der Waals surface area contributed by atoms with Gasteiger partial charge in [-0.25, -0.2) is 9.59 Å². The van der Waals surface area contributed by atoms with Crippen LogP contribution in [0.1, 0.15) is 65.7 Å². The third-order valence-electron chi connectivity index (χ3n) is 4.94. The minimum Gasteiger partial charge on any atom is -0.480 e. The quantitative estimate of drug-likeness (QED) is 0.730. The lowest BCUT2D eigenvalue weighted by atomic mass is 9.82. The summed E-state index contributed by atoms with van der Waals surface area (Å²) in [5, 5.41) is 11.9. The van der Waals surface area contributed by atoms with Gasteiger partial charge in [0.15, 0.2) is 0 Å². The van der Waals surface area contributed by atoms with Gasteiger partial charge in [-0.1, -0.05) is 19.3 Å². The SMILES string of the molecule is CC(C)(C)OC(=O)N[C@H](C(=O)C#CN1CCCC1C(=O)O)C1CCCCC1. The van der Waals surface area contributed by atoms with Crippen molar-refractivity contribution in [1.82, 2.24) is 10.2 Å². The van der Waals surface area contributed by atoms with Gasteiger partial charge in [-0.2, -0.15) is 0 Å². The fourth-order valence-electron chi connectivity index (χ4n) is 3.66. The summed E-state index contributed by atoms with van der Waals surface area (Å²) in [4.78, 5) is 37.7. The van der Waals surface area contributed by atoms with Crippen molar-refractivity contribution in [2.75, 3.05) is 6.54 Å². The average molecular weight is 378 g/mol. The molecular formula is C20H30N2O5. The fourth-order valence-corrected chi connectivity index (χ4v) is 3.66. The number of ketones is 1. The molecule has 27 heavy (non-hydrogen) atoms. The molecule has 1 aliphatic heterocycles. The van der Waals surface area contributed by atoms with Crippen molar-refractivity contribution in [3.05, 3.63) is 0 Å². The molecule has 1 saturated carbocycles. The van der Waals surface area contributed by atoms with Crippen LogP contribution in [-0.2, 0) is 14.3 Å². The molecule has 1 heterocycles. The molecule has 0 aromatic heterocycles. The standard InChI is InChI=1S/C20H30N2O5/c1-20(2,3)27-19(26)21-17(14-8-5-4-6-9-14)16(23)11-13-22-12-7-10-15(22)18(24)25/h14-15,17H,4-10,12H2,1-3H3,(H,21,26)(H,24,25)/t15?,17-/m0/s1. The van der Waals surface area contributed by atoms with E-state index in [1.54, 1.807) is 20.8 Å². The molecule has 1 saturated heterocycles. The Balaban J connectivity index is 2.10. The molecule has 2 atom stereocenters. The van der Waals surface area contributed by atoms with Crippen molar-refractivity contribution in [2.45, 2.75) is 83.4 Å². The number of amides is 1. The van der Waals surface area contributed by atoms with E-state index in [4.69, 9.17) is 4.74 Å². The molecule has 0 aromatic rings. The minimum atomic E-state index is -0.926. The van der Waals surface area contributed by atoms with Crippen LogP contribution < -0.4 is 5.32 Å². The van der Waals surface area contributed by atoms with Crippen LogP contribution in [0.3, 0.4) is 0 Å². The zero-order valence-corrected chi connectivity index (χ0v) is 16.4. The Morgan fingerprint density at radius 2 is 1.78 bits per heavy atom. The highest BCUT2D eigenvalue weighted by atomic mass is 16.6. The second-order valence-corrected chi connectivity index (χ2v) is 8.31. The van der Waals surface area contributed by atoms with Gasteiger partial charge >= 0.3 is 12.1 Å². The molecule has 0 spiro atoms. The van der Waals surface area contributed by atoms with Crippen molar-refractivity contribution in [3.63, 3.8) is 0 Å². The summed E-state index contributed by atoms with van der Waals surface area (Å²) in [5.74, 6) is 1.30. The van der Waals surface area contributed by atoms with Gasteiger partial charge < -0.3 is 20.1 Å². The number of hydrogen-bond donors (Lipinski definition) is 2. The van der Waals surface area contributed by atoms with Crippen LogP contribution in [0.4, 0.5) is 4.79 Å². The van der Waals surface area contributed by atoms with E-state index in [9.17, 15) is 19.5 Å². The summed E-state index contributed by atoms with van der Waals surface area (Å²) in [5.41, 5.74) is -0.653. The van der Waals surface area contributed by atoms with Crippen molar-refractivity contribution < 1.29 is 24.2 Å². The van der Waals surface area contributed by atoms with Crippen LogP contribution in [0.5, 0.6) is 0 Å². The Morgan fingerprint density at radius 3 is 2.37 bits per heavy atom. The Labute approximate surface area is 160 Å². The monoisotopic (exact) mass is 378 g/mol. The molecule has 7 heteroatoms. The van der Waals surface area contributed by atoms with Crippen molar-refractivity contribution >= 4 is 17.8 Å². The number of nitrogens with zero attached hydrogens (tertiary/aromatic N) is 1. The minimum absolute atomic E-state index is 0.0296. The van der Waals surface area contributed by atoms with Crippen LogP contribution in [0.15, 0.2) is 0 Å². The normalized spacial score (nSPS) is 21.7. The highest BCUT2D eigenvalue weighted by molar-refractivity contribution is 6.01. The number of hydrogen-bond acceptors (Lipinski definition) is 5. The van der Waals surface area contributed by atoms with Crippen molar-refractivity contribution in [1.29, 1.82) is 0 Å². The van der Waals surface area contributed by atoms with Gasteiger partial charge in [-0.15, -0.1) is 0 Å². The molecule has 2 N–H and O–H groups in total. The van der Waals surface area contributed by atoms with Gasteiger partial charge in [0.1, 0.15) is 17.7 Å². The summed E-state index contributed by atoms with van der Waals surface area (Å²) in [6.07, 6.45) is 5.52. The van der Waals surface area contributed by atoms with Crippen molar-refractivity contribution in [2.24, 2.45) is 5.92 Å². The van der Waals surface area contributed by atoms with Gasteiger partial charge in [0, 0.05) is 12.6 Å². The maximum absolute atomic E-state index is 12.8. The average Bonchev–Trinajstić information content (AvgIpc) is 3.05. The number of ether oxygens (including phenoxy) is 1. The zero-order valence-electron chi connectivity index (χ0n) is 16.4. The van der Waals surface area contributed by atoms with Crippen molar-refractivity contribution in [3.8, 4) is 12.0 Å². The van der Waals surface area contributed by atoms with Gasteiger partial charge in [-0.3, -0.25) is 4.79 Å². The number of likely N-dealkylation sites (tertiary alicyclic amines) is 1. The summed E-state index contributed by atoms with van der Waals surface area (Å²) in [6.45, 7) is 5.83. The Bertz CT molecular complexity index is 623. The third-order valence-corrected chi connectivity index (χ3v) is 4.94. The predicted molar refractivity (Wildman–Crippen MR) is 99.9 cm³/mol. The molecule has 0 aromatic carbocycles. The second kappa shape index (κ2) is 9.12. The number of Topliss-reactive ketones (excluding diaryl/α,β-unsaturated/α-hetero) is 1. The van der Waals surface area contributed by atoms with Crippen LogP contribution in [0, 0.1) is 17.9 Å². The summed E-state index contributed by atoms with van der Waals surface area (Å²) in [7, 11) is 0. The zero-order chi connectivity index (χ0) is 20.0. The Hall–Kier alpha value is -2.23. The van der Waals surface area contributed by atoms with E-state index in [-0.39, 0.29) is 11.7 Å². The molecule has 2 fully saturated rings. The molecule has 150 valence electrons. The Kier molecular flexibility index (Phi) is 7.11. The Morgan fingerprint density at radius 1 is 1.11 bits per heavy atom. The highest BCUT2D eigenvalue weighted by Gasteiger charge is 2.32. The van der Waals surface area contributed by atoms with Gasteiger partial charge in [0.2, 0.25) is 5.78 Å². The lowest BCUT2D eigenvalue weighted by Gasteiger charge is -2.29. The molecule has 1 amide bonds. The molecule has 0 bridgehead atoms. The predicted octanol–water partition coefficient (Wildman–Crippen LogP) is 2.54. The molecule has 1 aliphatic carbocycles. The first-order chi connectivity index (χ1) is 12.7. The largest absolute Gasteiger partial charge is 0.480 e. The lowest BCUT2D eigenvalue weighted by molar-refractivity contribution is -0.141. The first kappa shape index (κ1) is 21.1. The van der Waals surface area contributed by atoms with E-state index in [1.807, 2.05) is 0 Å². The molecule has 2 aliphatic rings. The van der Waals surface area contributed by atoms with E-state index >= 15 is 0 Å². The van der Waals surface area contributed by atoms with E-state index < -0.39 is 29.7 Å². The number of aliphatic carboxylic acids is 1. The number of carbonyl (C=O) groups is 3. The lowest BCUT2D eigenvalue weighted by Crippen LogP contribution is -2.48. The van der Waals surface area contributed by atoms with Crippen LogP contribution in [0.2, 0.25) is 0 Å². The fraction of sp³-hybridized carbons (Fsp3) is 0.750. The smallest absolute Gasteiger partial charge is 0.408 e. The van der Waals surface area contributed by atoms with Gasteiger partial charge in [0.25, 0.3) is 0 Å². The number of carboxylic acids is 1. The molecule has 0 radical (unpaired) electrons. The third kappa shape index (κ3) is 6.46. The number of carbonyl (C=O) groups excluding carboxylic acids is 2. The van der Waals surface area contributed by atoms with Gasteiger partial charge in [0.05, 0.1) is 0 Å². The first-order valence-corrected chi connectivity index (χ1v) is 9.72. The number of alkyl carbamates (subject to hydrolysis) is 1. The highest BCUT2D eigenvalue weighted by Crippen LogP contribution is 2.27. The van der Waals surface area contributed by atoms with E-state index in [1.165, 1.54) is 4.90 Å². The topological polar surface area (TPSA) is 95.9 Å². The van der Waals surface area contributed by atoms with E-state index in [0.717, 1.165) is 38.5 Å². The number of nitrogens with one attached hydrogen (secondary N) is 1. The molecule has 7 nitrogen and oxygen atoms in total. The van der Waals surface area contributed by atoms with E-state index in [0.29, 0.717) is 13.0 Å². The summed E-state index contributed by atoms with van der Waals surface area (Å²) < 4.78 is 5.30. The molecule has 1 unspecified atom stereocenters. The van der Waals surface area contributed by atoms with E-state index in [2.05, 4.69) is 17.3 Å². The van der Waals surface area contributed by atoms with Crippen LogP contribution in [0.25, 0.3) is 0 Å². The summed E-state index contributed by atoms with van der Waals surface area (Å²) >= 11 is 0. The van der Waals surface area contributed by atoms with Gasteiger partial charge in [-0.05, 0) is 58.3 Å². The molecular weight excluding hydrogens is 348 g/mol. The first-order valence-electron chi connectivity index (χ1n) is 9.72. The molecule has 2 rings (SSSR count). The number of carboxylic acid groups (broad SMARTS) is 1. The number of rotatable bonds is 4. The van der Waals surface area contributed by atoms with Crippen LogP contribution in [-0.4, -0.2) is 52.1 Å². The second-order valence-electron chi connectivity index (χ2n) is 8.31. The maximum atomic E-state index is 12.8. The summed E-state index contributed by atoms with van der Waals surface area (Å²) in [6, 6.07) is 1.32. The van der Waals surface area contributed by atoms with Crippen LogP contribution >= 0.6 is 0 Å². The maximum Gasteiger partial charge on any atom is 0.408 e.